The summed E-state index contributed by atoms with van der Waals surface area (Å²) in [6.07, 6.45) is 2.24. The number of amides is 2. The Morgan fingerprint density at radius 2 is 2.15 bits per heavy atom. The standard InChI is InChI=1S/C19H20N4O3/c1-12(2)18-21-17(22-26-18)16-10-13-6-3-4-8-15(13)23(16)19(24)20-11-14-7-5-9-25-14/h3-9,12,16H,10-11H2,1-2H3,(H,20,24). The predicted molar refractivity (Wildman–Crippen MR) is 94.7 cm³/mol. The molecule has 0 radical (unpaired) electrons. The van der Waals surface area contributed by atoms with E-state index in [1.807, 2.05) is 44.2 Å². The molecule has 1 aromatic carbocycles. The maximum absolute atomic E-state index is 12.9. The molecule has 4 rings (SSSR count). The largest absolute Gasteiger partial charge is 0.467 e. The third kappa shape index (κ3) is 2.96. The predicted octanol–water partition coefficient (Wildman–Crippen LogP) is 3.80. The molecule has 0 bridgehead atoms. The lowest BCUT2D eigenvalue weighted by Gasteiger charge is -2.23. The highest BCUT2D eigenvalue weighted by atomic mass is 16.5. The summed E-state index contributed by atoms with van der Waals surface area (Å²) in [6, 6.07) is 11.0. The number of aromatic nitrogens is 2. The lowest BCUT2D eigenvalue weighted by molar-refractivity contribution is 0.243. The van der Waals surface area contributed by atoms with Crippen molar-refractivity contribution < 1.29 is 13.7 Å². The van der Waals surface area contributed by atoms with Gasteiger partial charge in [0.25, 0.3) is 0 Å². The Morgan fingerprint density at radius 1 is 1.31 bits per heavy atom. The van der Waals surface area contributed by atoms with Gasteiger partial charge in [-0.25, -0.2) is 4.79 Å². The van der Waals surface area contributed by atoms with E-state index in [-0.39, 0.29) is 18.0 Å². The van der Waals surface area contributed by atoms with E-state index in [0.29, 0.717) is 30.4 Å². The van der Waals surface area contributed by atoms with Crippen LogP contribution >= 0.6 is 0 Å². The number of benzene rings is 1. The molecule has 3 heterocycles. The molecule has 3 aromatic rings. The summed E-state index contributed by atoms with van der Waals surface area (Å²) in [5, 5.41) is 7.02. The van der Waals surface area contributed by atoms with Gasteiger partial charge < -0.3 is 14.3 Å². The fraction of sp³-hybridized carbons (Fsp3) is 0.316. The number of hydrogen-bond acceptors (Lipinski definition) is 5. The van der Waals surface area contributed by atoms with E-state index in [0.717, 1.165) is 11.3 Å². The van der Waals surface area contributed by atoms with Crippen LogP contribution < -0.4 is 10.2 Å². The Morgan fingerprint density at radius 3 is 2.88 bits per heavy atom. The fourth-order valence-corrected chi connectivity index (χ4v) is 3.12. The van der Waals surface area contributed by atoms with E-state index in [2.05, 4.69) is 15.5 Å². The van der Waals surface area contributed by atoms with Crippen molar-refractivity contribution in [3.63, 3.8) is 0 Å². The molecule has 1 N–H and O–H groups in total. The number of urea groups is 1. The lowest BCUT2D eigenvalue weighted by atomic mass is 10.1. The highest BCUT2D eigenvalue weighted by Gasteiger charge is 2.37. The average Bonchev–Trinajstić information content (AvgIpc) is 3.38. The SMILES string of the molecule is CC(C)c1nc(C2Cc3ccccc3N2C(=O)NCc2ccco2)no1. The van der Waals surface area contributed by atoms with Crippen molar-refractivity contribution in [2.24, 2.45) is 0 Å². The van der Waals surface area contributed by atoms with Crippen molar-refractivity contribution in [1.29, 1.82) is 0 Å². The lowest BCUT2D eigenvalue weighted by Crippen LogP contribution is -2.40. The van der Waals surface area contributed by atoms with Gasteiger partial charge in [-0.1, -0.05) is 37.2 Å². The Kier molecular flexibility index (Phi) is 4.20. The number of hydrogen-bond donors (Lipinski definition) is 1. The second-order valence-electron chi connectivity index (χ2n) is 6.60. The number of rotatable bonds is 4. The zero-order chi connectivity index (χ0) is 18.1. The van der Waals surface area contributed by atoms with Crippen LogP contribution in [0.15, 0.2) is 51.6 Å². The maximum Gasteiger partial charge on any atom is 0.322 e. The van der Waals surface area contributed by atoms with Crippen molar-refractivity contribution in [2.75, 3.05) is 4.90 Å². The Bertz CT molecular complexity index is 901. The summed E-state index contributed by atoms with van der Waals surface area (Å²) < 4.78 is 10.6. The van der Waals surface area contributed by atoms with Crippen LogP contribution in [0, 0.1) is 0 Å². The molecular formula is C19H20N4O3. The minimum absolute atomic E-state index is 0.140. The highest BCUT2D eigenvalue weighted by molar-refractivity contribution is 5.95. The summed E-state index contributed by atoms with van der Waals surface area (Å²) >= 11 is 0. The number of carbonyl (C=O) groups excluding carboxylic acids is 1. The van der Waals surface area contributed by atoms with Gasteiger partial charge in [0.05, 0.1) is 12.8 Å². The smallest absolute Gasteiger partial charge is 0.322 e. The molecule has 2 amide bonds. The summed E-state index contributed by atoms with van der Waals surface area (Å²) in [4.78, 5) is 19.1. The molecule has 134 valence electrons. The molecule has 0 saturated carbocycles. The van der Waals surface area contributed by atoms with Gasteiger partial charge in [0, 0.05) is 18.0 Å². The number of furan rings is 1. The zero-order valence-electron chi connectivity index (χ0n) is 14.7. The number of nitrogens with one attached hydrogen (secondary N) is 1. The summed E-state index contributed by atoms with van der Waals surface area (Å²) in [7, 11) is 0. The van der Waals surface area contributed by atoms with Crippen LogP contribution in [0.1, 0.15) is 48.8 Å². The molecule has 7 nitrogen and oxygen atoms in total. The molecular weight excluding hydrogens is 332 g/mol. The molecule has 0 fully saturated rings. The van der Waals surface area contributed by atoms with E-state index in [1.165, 1.54) is 0 Å². The summed E-state index contributed by atoms with van der Waals surface area (Å²) in [5.41, 5.74) is 1.95. The molecule has 0 saturated heterocycles. The third-order valence-electron chi connectivity index (χ3n) is 4.44. The first-order chi connectivity index (χ1) is 12.6. The highest BCUT2D eigenvalue weighted by Crippen LogP contribution is 2.39. The molecule has 26 heavy (non-hydrogen) atoms. The van der Waals surface area contributed by atoms with Gasteiger partial charge in [-0.05, 0) is 23.8 Å². The topological polar surface area (TPSA) is 84.4 Å². The van der Waals surface area contributed by atoms with Crippen molar-refractivity contribution in [3.8, 4) is 0 Å². The molecule has 0 aliphatic carbocycles. The van der Waals surface area contributed by atoms with Crippen molar-refractivity contribution in [2.45, 2.75) is 38.8 Å². The van der Waals surface area contributed by atoms with E-state index in [9.17, 15) is 4.79 Å². The fourth-order valence-electron chi connectivity index (χ4n) is 3.12. The number of anilines is 1. The third-order valence-corrected chi connectivity index (χ3v) is 4.44. The summed E-state index contributed by atoms with van der Waals surface area (Å²) in [6.45, 7) is 4.31. The normalized spacial score (nSPS) is 16.1. The minimum Gasteiger partial charge on any atom is -0.467 e. The molecule has 1 atom stereocenters. The van der Waals surface area contributed by atoms with Gasteiger partial charge >= 0.3 is 6.03 Å². The van der Waals surface area contributed by atoms with Crippen molar-refractivity contribution in [1.82, 2.24) is 15.5 Å². The van der Waals surface area contributed by atoms with Gasteiger partial charge in [-0.15, -0.1) is 0 Å². The first-order valence-electron chi connectivity index (χ1n) is 8.64. The average molecular weight is 352 g/mol. The van der Waals surface area contributed by atoms with Crippen LogP contribution in [0.25, 0.3) is 0 Å². The molecule has 1 unspecified atom stereocenters. The van der Waals surface area contributed by atoms with E-state index >= 15 is 0 Å². The van der Waals surface area contributed by atoms with Gasteiger partial charge in [0.2, 0.25) is 5.89 Å². The van der Waals surface area contributed by atoms with E-state index in [4.69, 9.17) is 8.94 Å². The van der Waals surface area contributed by atoms with Gasteiger partial charge in [-0.3, -0.25) is 4.90 Å². The van der Waals surface area contributed by atoms with Gasteiger partial charge in [0.1, 0.15) is 11.8 Å². The van der Waals surface area contributed by atoms with Crippen LogP contribution in [-0.4, -0.2) is 16.2 Å². The molecule has 0 spiro atoms. The van der Waals surface area contributed by atoms with Crippen molar-refractivity contribution >= 4 is 11.7 Å². The minimum atomic E-state index is -0.291. The van der Waals surface area contributed by atoms with Gasteiger partial charge in [0.15, 0.2) is 5.82 Å². The monoisotopic (exact) mass is 352 g/mol. The number of fused-ring (bicyclic) bond motifs is 1. The zero-order valence-corrected chi connectivity index (χ0v) is 14.7. The van der Waals surface area contributed by atoms with Crippen LogP contribution in [0.3, 0.4) is 0 Å². The summed E-state index contributed by atoms with van der Waals surface area (Å²) in [5.74, 6) is 1.94. The van der Waals surface area contributed by atoms with Crippen LogP contribution in [0.4, 0.5) is 10.5 Å². The first-order valence-corrected chi connectivity index (χ1v) is 8.64. The number of carbonyl (C=O) groups is 1. The van der Waals surface area contributed by atoms with Crippen LogP contribution in [0.5, 0.6) is 0 Å². The molecule has 1 aliphatic heterocycles. The number of para-hydroxylation sites is 1. The Balaban J connectivity index is 1.61. The second kappa shape index (κ2) is 6.67. The maximum atomic E-state index is 12.9. The molecule has 7 heteroatoms. The molecule has 1 aliphatic rings. The van der Waals surface area contributed by atoms with Gasteiger partial charge in [-0.2, -0.15) is 4.98 Å². The number of nitrogens with zero attached hydrogens (tertiary/aromatic N) is 3. The molecule has 2 aromatic heterocycles. The Labute approximate surface area is 151 Å². The second-order valence-corrected chi connectivity index (χ2v) is 6.60. The van der Waals surface area contributed by atoms with Crippen molar-refractivity contribution in [3.05, 3.63) is 65.7 Å². The van der Waals surface area contributed by atoms with E-state index < -0.39 is 0 Å². The Hall–Kier alpha value is -3.09. The van der Waals surface area contributed by atoms with Crippen LogP contribution in [0.2, 0.25) is 0 Å². The van der Waals surface area contributed by atoms with E-state index in [1.54, 1.807) is 17.2 Å². The first kappa shape index (κ1) is 16.4. The quantitative estimate of drug-likeness (QED) is 0.772. The van der Waals surface area contributed by atoms with Crippen LogP contribution in [-0.2, 0) is 13.0 Å².